The number of carboxylic acids is 2. The Labute approximate surface area is 113 Å². The van der Waals surface area contributed by atoms with Crippen molar-refractivity contribution >= 4 is 23.8 Å². The van der Waals surface area contributed by atoms with Crippen LogP contribution in [0.1, 0.15) is 6.92 Å². The maximum absolute atomic E-state index is 11.4. The normalized spacial score (nSPS) is 23.3. The summed E-state index contributed by atoms with van der Waals surface area (Å²) in [6, 6.07) is -2.25. The SMILES string of the molecule is C[C@H](N)C(=O)N[C@@H](CNC(=O)C1OC1C(=O)O)C(=O)O. The van der Waals surface area contributed by atoms with Gasteiger partial charge in [-0.2, -0.15) is 0 Å². The van der Waals surface area contributed by atoms with Crippen molar-refractivity contribution in [1.29, 1.82) is 0 Å². The van der Waals surface area contributed by atoms with Gasteiger partial charge < -0.3 is 31.3 Å². The molecule has 10 nitrogen and oxygen atoms in total. The summed E-state index contributed by atoms with van der Waals surface area (Å²) in [6.45, 7) is 0.973. The molecule has 0 radical (unpaired) electrons. The van der Waals surface area contributed by atoms with E-state index in [0.29, 0.717) is 0 Å². The molecule has 4 atom stereocenters. The number of rotatable bonds is 7. The predicted molar refractivity (Wildman–Crippen MR) is 62.5 cm³/mol. The lowest BCUT2D eigenvalue weighted by molar-refractivity contribution is -0.142. The highest BCUT2D eigenvalue weighted by molar-refractivity contribution is 5.92. The standard InChI is InChI=1S/C10H15N3O7/c1-3(11)7(14)13-4(9(16)17)2-12-8(15)5-6(20-5)10(18)19/h3-6H,2,11H2,1H3,(H,12,15)(H,13,14)(H,16,17)(H,18,19)/t3-,4-,5?,6?/m0/s1. The lowest BCUT2D eigenvalue weighted by Crippen LogP contribution is -2.52. The van der Waals surface area contributed by atoms with Gasteiger partial charge in [-0.1, -0.05) is 0 Å². The second kappa shape index (κ2) is 6.30. The van der Waals surface area contributed by atoms with Gasteiger partial charge in [-0.15, -0.1) is 0 Å². The lowest BCUT2D eigenvalue weighted by atomic mass is 10.2. The van der Waals surface area contributed by atoms with Gasteiger partial charge in [0.15, 0.2) is 12.2 Å². The highest BCUT2D eigenvalue weighted by Crippen LogP contribution is 2.21. The number of aliphatic carboxylic acids is 2. The zero-order valence-corrected chi connectivity index (χ0v) is 10.5. The Hall–Kier alpha value is -2.20. The van der Waals surface area contributed by atoms with Crippen molar-refractivity contribution in [3.05, 3.63) is 0 Å². The average molecular weight is 289 g/mol. The van der Waals surface area contributed by atoms with Crippen LogP contribution in [0.15, 0.2) is 0 Å². The van der Waals surface area contributed by atoms with Crippen LogP contribution in [0.2, 0.25) is 0 Å². The summed E-state index contributed by atoms with van der Waals surface area (Å²) in [5.41, 5.74) is 5.27. The number of hydrogen-bond acceptors (Lipinski definition) is 6. The molecule has 0 aromatic rings. The van der Waals surface area contributed by atoms with Crippen LogP contribution >= 0.6 is 0 Å². The van der Waals surface area contributed by atoms with E-state index in [1.54, 1.807) is 0 Å². The van der Waals surface area contributed by atoms with Crippen molar-refractivity contribution in [2.24, 2.45) is 5.73 Å². The molecule has 6 N–H and O–H groups in total. The van der Waals surface area contributed by atoms with Crippen LogP contribution in [0, 0.1) is 0 Å². The van der Waals surface area contributed by atoms with Crippen LogP contribution in [0.25, 0.3) is 0 Å². The second-order valence-corrected chi connectivity index (χ2v) is 4.25. The largest absolute Gasteiger partial charge is 0.480 e. The third-order valence-electron chi connectivity index (χ3n) is 2.50. The average Bonchev–Trinajstić information content (AvgIpc) is 3.13. The minimum Gasteiger partial charge on any atom is -0.480 e. The van der Waals surface area contributed by atoms with Crippen molar-refractivity contribution in [2.75, 3.05) is 6.54 Å². The van der Waals surface area contributed by atoms with E-state index >= 15 is 0 Å². The molecule has 1 aliphatic heterocycles. The molecule has 1 aliphatic rings. The molecule has 1 fully saturated rings. The first-order valence-corrected chi connectivity index (χ1v) is 5.68. The number of ether oxygens (including phenoxy) is 1. The molecule has 20 heavy (non-hydrogen) atoms. The van der Waals surface area contributed by atoms with Gasteiger partial charge in [0.05, 0.1) is 6.04 Å². The topological polar surface area (TPSA) is 171 Å². The molecule has 112 valence electrons. The number of amides is 2. The molecule has 0 aromatic carbocycles. The Morgan fingerprint density at radius 3 is 2.25 bits per heavy atom. The van der Waals surface area contributed by atoms with Crippen LogP contribution < -0.4 is 16.4 Å². The fraction of sp³-hybridized carbons (Fsp3) is 0.600. The molecule has 0 aromatic heterocycles. The molecule has 1 rings (SSSR count). The minimum absolute atomic E-state index is 0.404. The van der Waals surface area contributed by atoms with E-state index in [4.69, 9.17) is 15.9 Å². The van der Waals surface area contributed by atoms with Crippen molar-refractivity contribution in [3.63, 3.8) is 0 Å². The molecule has 10 heteroatoms. The Kier molecular flexibility index (Phi) is 5.00. The third-order valence-corrected chi connectivity index (χ3v) is 2.50. The van der Waals surface area contributed by atoms with E-state index in [1.807, 2.05) is 0 Å². The summed E-state index contributed by atoms with van der Waals surface area (Å²) in [6.07, 6.45) is -2.34. The highest BCUT2D eigenvalue weighted by Gasteiger charge is 2.50. The van der Waals surface area contributed by atoms with E-state index in [1.165, 1.54) is 6.92 Å². The maximum atomic E-state index is 11.4. The van der Waals surface area contributed by atoms with Crippen molar-refractivity contribution in [3.8, 4) is 0 Å². The number of hydrogen-bond donors (Lipinski definition) is 5. The highest BCUT2D eigenvalue weighted by atomic mass is 16.6. The molecule has 2 unspecified atom stereocenters. The van der Waals surface area contributed by atoms with Gasteiger partial charge in [-0.25, -0.2) is 9.59 Å². The first-order valence-electron chi connectivity index (χ1n) is 5.68. The Morgan fingerprint density at radius 2 is 1.85 bits per heavy atom. The molecule has 0 aliphatic carbocycles. The molecule has 1 heterocycles. The molecule has 1 saturated heterocycles. The summed E-state index contributed by atoms with van der Waals surface area (Å²) >= 11 is 0. The van der Waals surface area contributed by atoms with Gasteiger partial charge >= 0.3 is 11.9 Å². The monoisotopic (exact) mass is 289 g/mol. The predicted octanol–water partition coefficient (Wildman–Crippen LogP) is -3.13. The second-order valence-electron chi connectivity index (χ2n) is 4.25. The van der Waals surface area contributed by atoms with Crippen LogP contribution in [0.3, 0.4) is 0 Å². The third kappa shape index (κ3) is 4.17. The van der Waals surface area contributed by atoms with Crippen molar-refractivity contribution in [2.45, 2.75) is 31.2 Å². The number of carbonyl (C=O) groups is 4. The molecule has 2 amide bonds. The maximum Gasteiger partial charge on any atom is 0.336 e. The van der Waals surface area contributed by atoms with Crippen LogP contribution in [0.4, 0.5) is 0 Å². The van der Waals surface area contributed by atoms with Gasteiger partial charge in [0.25, 0.3) is 5.91 Å². The fourth-order valence-electron chi connectivity index (χ4n) is 1.31. The number of carbonyl (C=O) groups excluding carboxylic acids is 2. The van der Waals surface area contributed by atoms with E-state index in [9.17, 15) is 19.2 Å². The van der Waals surface area contributed by atoms with Gasteiger partial charge in [0.2, 0.25) is 5.91 Å². The number of carboxylic acid groups (broad SMARTS) is 2. The van der Waals surface area contributed by atoms with E-state index in [2.05, 4.69) is 15.4 Å². The van der Waals surface area contributed by atoms with Crippen molar-refractivity contribution in [1.82, 2.24) is 10.6 Å². The molecule has 0 bridgehead atoms. The molecule has 0 spiro atoms. The van der Waals surface area contributed by atoms with E-state index in [0.717, 1.165) is 0 Å². The number of epoxide rings is 1. The summed E-state index contributed by atoms with van der Waals surface area (Å²) in [7, 11) is 0. The molecule has 0 saturated carbocycles. The van der Waals surface area contributed by atoms with Crippen LogP contribution in [0.5, 0.6) is 0 Å². The van der Waals surface area contributed by atoms with Crippen molar-refractivity contribution < 1.29 is 34.1 Å². The minimum atomic E-state index is -1.36. The smallest absolute Gasteiger partial charge is 0.336 e. The number of nitrogens with one attached hydrogen (secondary N) is 2. The first-order chi connectivity index (χ1) is 9.23. The van der Waals surface area contributed by atoms with Gasteiger partial charge in [-0.05, 0) is 6.92 Å². The van der Waals surface area contributed by atoms with E-state index in [-0.39, 0.29) is 0 Å². The Bertz CT molecular complexity index is 437. The zero-order valence-electron chi connectivity index (χ0n) is 10.5. The van der Waals surface area contributed by atoms with Gasteiger partial charge in [-0.3, -0.25) is 9.59 Å². The lowest BCUT2D eigenvalue weighted by Gasteiger charge is -2.16. The number of nitrogens with two attached hydrogens (primary N) is 1. The summed E-state index contributed by atoms with van der Waals surface area (Å²) in [5, 5.41) is 21.7. The summed E-state index contributed by atoms with van der Waals surface area (Å²) < 4.78 is 4.59. The van der Waals surface area contributed by atoms with Crippen LogP contribution in [-0.2, 0) is 23.9 Å². The summed E-state index contributed by atoms with van der Waals surface area (Å²) in [4.78, 5) is 44.1. The zero-order chi connectivity index (χ0) is 15.4. The fourth-order valence-corrected chi connectivity index (χ4v) is 1.31. The Balaban J connectivity index is 2.44. The van der Waals surface area contributed by atoms with Gasteiger partial charge in [0.1, 0.15) is 6.04 Å². The van der Waals surface area contributed by atoms with Gasteiger partial charge in [0, 0.05) is 6.54 Å². The molecular weight excluding hydrogens is 274 g/mol. The van der Waals surface area contributed by atoms with E-state index < -0.39 is 54.6 Å². The van der Waals surface area contributed by atoms with Crippen LogP contribution in [-0.4, -0.2) is 64.8 Å². The first kappa shape index (κ1) is 15.9. The quantitative estimate of drug-likeness (QED) is 0.306. The Morgan fingerprint density at radius 1 is 1.25 bits per heavy atom. The molecular formula is C10H15N3O7. The summed E-state index contributed by atoms with van der Waals surface area (Å²) in [5.74, 6) is -4.06.